The van der Waals surface area contributed by atoms with Gasteiger partial charge in [-0.3, -0.25) is 0 Å². The summed E-state index contributed by atoms with van der Waals surface area (Å²) in [6.07, 6.45) is -0.608. The summed E-state index contributed by atoms with van der Waals surface area (Å²) in [6, 6.07) is 4.95. The van der Waals surface area contributed by atoms with Crippen LogP contribution in [0, 0.1) is 5.82 Å². The van der Waals surface area contributed by atoms with E-state index in [0.717, 1.165) is 0 Å². The van der Waals surface area contributed by atoms with Gasteiger partial charge in [0, 0.05) is 18.2 Å². The second-order valence-electron chi connectivity index (χ2n) is 5.00. The molecule has 0 radical (unpaired) electrons. The van der Waals surface area contributed by atoms with Gasteiger partial charge in [-0.2, -0.15) is 0 Å². The molecule has 1 aliphatic heterocycles. The van der Waals surface area contributed by atoms with Gasteiger partial charge in [0.05, 0.1) is 24.5 Å². The number of benzene rings is 1. The van der Waals surface area contributed by atoms with Crippen molar-refractivity contribution in [1.82, 2.24) is 0 Å². The minimum absolute atomic E-state index is 0.0719. The van der Waals surface area contributed by atoms with E-state index < -0.39 is 6.10 Å². The topological polar surface area (TPSA) is 32.7 Å². The lowest BCUT2D eigenvalue weighted by Crippen LogP contribution is -2.48. The molecular weight excluding hydrogens is 233 g/mol. The summed E-state index contributed by atoms with van der Waals surface area (Å²) in [5.41, 5.74) is 1.14. The molecule has 18 heavy (non-hydrogen) atoms. The lowest BCUT2D eigenvalue weighted by Gasteiger charge is -2.39. The van der Waals surface area contributed by atoms with Gasteiger partial charge in [-0.05, 0) is 26.8 Å². The van der Waals surface area contributed by atoms with Gasteiger partial charge in [-0.1, -0.05) is 12.1 Å². The number of hydrogen-bond acceptors (Lipinski definition) is 3. The van der Waals surface area contributed by atoms with Crippen LogP contribution in [0.1, 0.15) is 32.4 Å². The normalized spacial score (nSPS) is 26.2. The average molecular weight is 253 g/mol. The van der Waals surface area contributed by atoms with Gasteiger partial charge in [-0.25, -0.2) is 4.39 Å². The van der Waals surface area contributed by atoms with Crippen LogP contribution < -0.4 is 4.90 Å². The second-order valence-corrected chi connectivity index (χ2v) is 5.00. The molecule has 1 heterocycles. The van der Waals surface area contributed by atoms with Crippen molar-refractivity contribution in [3.63, 3.8) is 0 Å². The third-order valence-corrected chi connectivity index (χ3v) is 3.36. The van der Waals surface area contributed by atoms with Crippen LogP contribution in [0.15, 0.2) is 18.2 Å². The number of hydrogen-bond donors (Lipinski definition) is 1. The van der Waals surface area contributed by atoms with Gasteiger partial charge >= 0.3 is 0 Å². The van der Waals surface area contributed by atoms with E-state index in [2.05, 4.69) is 0 Å². The first-order chi connectivity index (χ1) is 8.50. The van der Waals surface area contributed by atoms with Crippen molar-refractivity contribution >= 4 is 5.69 Å². The van der Waals surface area contributed by atoms with Crippen molar-refractivity contribution in [1.29, 1.82) is 0 Å². The maximum absolute atomic E-state index is 14.1. The molecule has 1 N–H and O–H groups in total. The smallest absolute Gasteiger partial charge is 0.146 e. The fraction of sp³-hybridized carbons (Fsp3) is 0.571. The van der Waals surface area contributed by atoms with Gasteiger partial charge in [0.2, 0.25) is 0 Å². The number of ether oxygens (including phenoxy) is 1. The van der Waals surface area contributed by atoms with Crippen LogP contribution in [0.4, 0.5) is 10.1 Å². The van der Waals surface area contributed by atoms with Gasteiger partial charge in [0.25, 0.3) is 0 Å². The third-order valence-electron chi connectivity index (χ3n) is 3.36. The Labute approximate surface area is 107 Å². The maximum Gasteiger partial charge on any atom is 0.146 e. The number of rotatable bonds is 2. The van der Waals surface area contributed by atoms with Crippen molar-refractivity contribution in [3.05, 3.63) is 29.6 Å². The highest BCUT2D eigenvalue weighted by Gasteiger charge is 2.28. The van der Waals surface area contributed by atoms with E-state index >= 15 is 0 Å². The number of para-hydroxylation sites is 1. The van der Waals surface area contributed by atoms with E-state index in [0.29, 0.717) is 24.4 Å². The summed E-state index contributed by atoms with van der Waals surface area (Å²) in [6.45, 7) is 6.86. The molecule has 0 spiro atoms. The molecule has 0 amide bonds. The molecule has 1 aromatic rings. The summed E-state index contributed by atoms with van der Waals surface area (Å²) < 4.78 is 19.7. The zero-order chi connectivity index (χ0) is 13.3. The Morgan fingerprint density at radius 1 is 1.44 bits per heavy atom. The van der Waals surface area contributed by atoms with Gasteiger partial charge in [0.15, 0.2) is 0 Å². The molecule has 2 rings (SSSR count). The largest absolute Gasteiger partial charge is 0.389 e. The van der Waals surface area contributed by atoms with E-state index in [1.165, 1.54) is 6.07 Å². The quantitative estimate of drug-likeness (QED) is 0.879. The zero-order valence-corrected chi connectivity index (χ0v) is 11.1. The SMILES string of the molecule is CC1CN(c2c(F)cccc2C(C)O)C(C)CO1. The summed E-state index contributed by atoms with van der Waals surface area (Å²) in [4.78, 5) is 1.99. The summed E-state index contributed by atoms with van der Waals surface area (Å²) in [5, 5.41) is 9.79. The zero-order valence-electron chi connectivity index (χ0n) is 11.1. The molecular formula is C14H20FNO2. The Balaban J connectivity index is 2.42. The molecule has 3 nitrogen and oxygen atoms in total. The first-order valence-electron chi connectivity index (χ1n) is 6.35. The van der Waals surface area contributed by atoms with Gasteiger partial charge in [-0.15, -0.1) is 0 Å². The molecule has 0 aromatic heterocycles. The van der Waals surface area contributed by atoms with Crippen LogP contribution in [0.2, 0.25) is 0 Å². The first kappa shape index (κ1) is 13.3. The van der Waals surface area contributed by atoms with Crippen molar-refractivity contribution in [2.75, 3.05) is 18.1 Å². The van der Waals surface area contributed by atoms with Crippen molar-refractivity contribution in [2.24, 2.45) is 0 Å². The third kappa shape index (κ3) is 2.49. The van der Waals surface area contributed by atoms with Crippen molar-refractivity contribution in [2.45, 2.75) is 39.0 Å². The van der Waals surface area contributed by atoms with E-state index in [9.17, 15) is 9.50 Å². The highest BCUT2D eigenvalue weighted by molar-refractivity contribution is 5.57. The molecule has 0 saturated carbocycles. The lowest BCUT2D eigenvalue weighted by atomic mass is 10.0. The molecule has 0 bridgehead atoms. The van der Waals surface area contributed by atoms with Crippen LogP contribution >= 0.6 is 0 Å². The summed E-state index contributed by atoms with van der Waals surface area (Å²) in [5.74, 6) is -0.283. The van der Waals surface area contributed by atoms with E-state index in [1.807, 2.05) is 18.7 Å². The second kappa shape index (κ2) is 5.24. The van der Waals surface area contributed by atoms with Crippen molar-refractivity contribution in [3.8, 4) is 0 Å². The van der Waals surface area contributed by atoms with Crippen LogP contribution in [-0.4, -0.2) is 30.4 Å². The fourth-order valence-electron chi connectivity index (χ4n) is 2.39. The molecule has 1 fully saturated rings. The molecule has 1 aliphatic rings. The predicted octanol–water partition coefficient (Wildman–Crippen LogP) is 2.49. The number of aliphatic hydroxyl groups is 1. The Bertz CT molecular complexity index is 422. The monoisotopic (exact) mass is 253 g/mol. The van der Waals surface area contributed by atoms with Crippen LogP contribution in [0.3, 0.4) is 0 Å². The lowest BCUT2D eigenvalue weighted by molar-refractivity contribution is 0.0338. The average Bonchev–Trinajstić information content (AvgIpc) is 2.32. The minimum Gasteiger partial charge on any atom is -0.389 e. The maximum atomic E-state index is 14.1. The first-order valence-corrected chi connectivity index (χ1v) is 6.35. The number of halogens is 1. The Hall–Kier alpha value is -1.13. The molecule has 4 heteroatoms. The highest BCUT2D eigenvalue weighted by atomic mass is 19.1. The van der Waals surface area contributed by atoms with Gasteiger partial charge in [0.1, 0.15) is 5.82 Å². The fourth-order valence-corrected chi connectivity index (χ4v) is 2.39. The number of anilines is 1. The molecule has 1 saturated heterocycles. The number of aliphatic hydroxyl groups excluding tert-OH is 1. The molecule has 100 valence electrons. The number of nitrogens with zero attached hydrogens (tertiary/aromatic N) is 1. The van der Waals surface area contributed by atoms with Crippen molar-refractivity contribution < 1.29 is 14.2 Å². The predicted molar refractivity (Wildman–Crippen MR) is 69.3 cm³/mol. The molecule has 0 aliphatic carbocycles. The van der Waals surface area contributed by atoms with Crippen LogP contribution in [-0.2, 0) is 4.74 Å². The van der Waals surface area contributed by atoms with Crippen LogP contribution in [0.5, 0.6) is 0 Å². The Morgan fingerprint density at radius 3 is 2.83 bits per heavy atom. The summed E-state index contributed by atoms with van der Waals surface area (Å²) in [7, 11) is 0. The molecule has 3 atom stereocenters. The van der Waals surface area contributed by atoms with Gasteiger partial charge < -0.3 is 14.7 Å². The summed E-state index contributed by atoms with van der Waals surface area (Å²) >= 11 is 0. The molecule has 1 aromatic carbocycles. The Kier molecular flexibility index (Phi) is 3.88. The van der Waals surface area contributed by atoms with E-state index in [1.54, 1.807) is 19.1 Å². The van der Waals surface area contributed by atoms with E-state index in [-0.39, 0.29) is 18.0 Å². The molecule has 3 unspecified atom stereocenters. The Morgan fingerprint density at radius 2 is 2.17 bits per heavy atom. The standard InChI is InChI=1S/C14H20FNO2/c1-9-8-18-10(2)7-16(9)14-12(11(3)17)5-4-6-13(14)15/h4-6,9-11,17H,7-8H2,1-3H3. The minimum atomic E-state index is -0.680. The van der Waals surface area contributed by atoms with Crippen LogP contribution in [0.25, 0.3) is 0 Å². The highest BCUT2D eigenvalue weighted by Crippen LogP contribution is 2.32. The number of morpholine rings is 1. The van der Waals surface area contributed by atoms with E-state index in [4.69, 9.17) is 4.74 Å².